The zero-order valence-electron chi connectivity index (χ0n) is 13.6. The summed E-state index contributed by atoms with van der Waals surface area (Å²) in [5.41, 5.74) is 3.91. The van der Waals surface area contributed by atoms with E-state index in [1.54, 1.807) is 4.90 Å². The van der Waals surface area contributed by atoms with Gasteiger partial charge >= 0.3 is 0 Å². The summed E-state index contributed by atoms with van der Waals surface area (Å²) in [6, 6.07) is 5.64. The molecule has 2 aromatic heterocycles. The number of aromatic nitrogens is 3. The van der Waals surface area contributed by atoms with Crippen molar-refractivity contribution >= 4 is 16.8 Å². The molecule has 0 unspecified atom stereocenters. The highest BCUT2D eigenvalue weighted by Crippen LogP contribution is 2.26. The van der Waals surface area contributed by atoms with E-state index in [4.69, 9.17) is 9.26 Å². The monoisotopic (exact) mass is 326 g/mol. The molecule has 1 fully saturated rings. The SMILES string of the molecule is Cc1ccc2[nH]c(C(=O)N3CCOC[C@@H]3c3ncon3)cc2c1C. The number of carbonyl (C=O) groups is 1. The summed E-state index contributed by atoms with van der Waals surface area (Å²) < 4.78 is 10.3. The topological polar surface area (TPSA) is 84.2 Å². The number of aryl methyl sites for hydroxylation is 2. The fraction of sp³-hybridized carbons (Fsp3) is 0.353. The highest BCUT2D eigenvalue weighted by Gasteiger charge is 2.32. The molecule has 1 saturated heterocycles. The molecule has 1 aliphatic heterocycles. The first-order valence-electron chi connectivity index (χ1n) is 7.89. The first-order valence-corrected chi connectivity index (χ1v) is 7.89. The Kier molecular flexibility index (Phi) is 3.57. The number of morpholine rings is 1. The number of amides is 1. The van der Waals surface area contributed by atoms with Gasteiger partial charge in [-0.15, -0.1) is 0 Å². The molecule has 0 spiro atoms. The van der Waals surface area contributed by atoms with E-state index in [1.165, 1.54) is 17.5 Å². The lowest BCUT2D eigenvalue weighted by Gasteiger charge is -2.33. The number of nitrogens with one attached hydrogen (secondary N) is 1. The molecule has 1 N–H and O–H groups in total. The molecular formula is C17H18N4O3. The number of hydrogen-bond donors (Lipinski definition) is 1. The van der Waals surface area contributed by atoms with Crippen LogP contribution in [0.4, 0.5) is 0 Å². The summed E-state index contributed by atoms with van der Waals surface area (Å²) in [5, 5.41) is 4.94. The zero-order valence-corrected chi connectivity index (χ0v) is 13.6. The Bertz CT molecular complexity index is 885. The molecule has 0 saturated carbocycles. The summed E-state index contributed by atoms with van der Waals surface area (Å²) in [6.45, 7) is 5.49. The molecule has 4 rings (SSSR count). The number of H-pyrrole nitrogens is 1. The molecule has 1 atom stereocenters. The van der Waals surface area contributed by atoms with Crippen LogP contribution < -0.4 is 0 Å². The average Bonchev–Trinajstić information content (AvgIpc) is 3.27. The normalized spacial score (nSPS) is 18.2. The van der Waals surface area contributed by atoms with E-state index in [-0.39, 0.29) is 11.9 Å². The fourth-order valence-corrected chi connectivity index (χ4v) is 3.11. The molecule has 124 valence electrons. The smallest absolute Gasteiger partial charge is 0.271 e. The van der Waals surface area contributed by atoms with Crippen LogP contribution in [0.1, 0.15) is 33.5 Å². The van der Waals surface area contributed by atoms with Gasteiger partial charge in [-0.1, -0.05) is 11.2 Å². The van der Waals surface area contributed by atoms with Gasteiger partial charge in [-0.2, -0.15) is 4.98 Å². The van der Waals surface area contributed by atoms with Crippen molar-refractivity contribution in [1.29, 1.82) is 0 Å². The predicted octanol–water partition coefficient (Wildman–Crippen LogP) is 2.38. The lowest BCUT2D eigenvalue weighted by Crippen LogP contribution is -2.44. The van der Waals surface area contributed by atoms with Gasteiger partial charge in [0.25, 0.3) is 5.91 Å². The van der Waals surface area contributed by atoms with Crippen LogP contribution in [-0.2, 0) is 4.74 Å². The maximum atomic E-state index is 13.0. The maximum Gasteiger partial charge on any atom is 0.271 e. The van der Waals surface area contributed by atoms with E-state index < -0.39 is 0 Å². The van der Waals surface area contributed by atoms with Crippen molar-refractivity contribution in [3.8, 4) is 0 Å². The standard InChI is InChI=1S/C17H18N4O3/c1-10-3-4-13-12(11(10)2)7-14(19-13)17(22)21-5-6-23-8-15(21)16-18-9-24-20-16/h3-4,7,9,15,19H,5-6,8H2,1-2H3/t15-/m1/s1. The molecule has 0 aliphatic carbocycles. The van der Waals surface area contributed by atoms with E-state index in [2.05, 4.69) is 35.0 Å². The molecule has 1 aliphatic rings. The van der Waals surface area contributed by atoms with Gasteiger partial charge in [0.05, 0.1) is 13.2 Å². The summed E-state index contributed by atoms with van der Waals surface area (Å²) in [7, 11) is 0. The number of aromatic amines is 1. The highest BCUT2D eigenvalue weighted by atomic mass is 16.5. The Labute approximate surface area is 138 Å². The first-order chi connectivity index (χ1) is 11.6. The Morgan fingerprint density at radius 2 is 2.25 bits per heavy atom. The Morgan fingerprint density at radius 1 is 1.38 bits per heavy atom. The van der Waals surface area contributed by atoms with E-state index in [0.717, 1.165) is 10.9 Å². The third-order valence-electron chi connectivity index (χ3n) is 4.64. The minimum atomic E-state index is -0.334. The summed E-state index contributed by atoms with van der Waals surface area (Å²) in [4.78, 5) is 22.1. The lowest BCUT2D eigenvalue weighted by molar-refractivity contribution is -0.00602. The minimum absolute atomic E-state index is 0.0821. The van der Waals surface area contributed by atoms with Gasteiger partial charge in [0, 0.05) is 17.4 Å². The number of hydrogen-bond acceptors (Lipinski definition) is 5. The lowest BCUT2D eigenvalue weighted by atomic mass is 10.1. The van der Waals surface area contributed by atoms with Crippen molar-refractivity contribution in [1.82, 2.24) is 20.0 Å². The largest absolute Gasteiger partial charge is 0.377 e. The molecule has 3 heterocycles. The van der Waals surface area contributed by atoms with Gasteiger partial charge in [0.2, 0.25) is 6.39 Å². The van der Waals surface area contributed by atoms with Crippen LogP contribution in [0.2, 0.25) is 0 Å². The summed E-state index contributed by atoms with van der Waals surface area (Å²) in [5.74, 6) is 0.382. The van der Waals surface area contributed by atoms with Crippen molar-refractivity contribution in [2.75, 3.05) is 19.8 Å². The Morgan fingerprint density at radius 3 is 3.04 bits per heavy atom. The van der Waals surface area contributed by atoms with Gasteiger partial charge < -0.3 is 19.1 Å². The Balaban J connectivity index is 1.70. The Hall–Kier alpha value is -2.67. The number of fused-ring (bicyclic) bond motifs is 1. The van der Waals surface area contributed by atoms with E-state index in [9.17, 15) is 4.79 Å². The van der Waals surface area contributed by atoms with Gasteiger partial charge in [-0.25, -0.2) is 0 Å². The van der Waals surface area contributed by atoms with Crippen molar-refractivity contribution in [2.24, 2.45) is 0 Å². The van der Waals surface area contributed by atoms with Crippen molar-refractivity contribution in [3.05, 3.63) is 47.2 Å². The number of benzene rings is 1. The second-order valence-corrected chi connectivity index (χ2v) is 6.03. The number of carbonyl (C=O) groups excluding carboxylic acids is 1. The quantitative estimate of drug-likeness (QED) is 0.781. The molecule has 24 heavy (non-hydrogen) atoms. The van der Waals surface area contributed by atoms with Gasteiger partial charge in [-0.05, 0) is 37.1 Å². The first kappa shape index (κ1) is 14.9. The van der Waals surface area contributed by atoms with E-state index in [0.29, 0.717) is 31.3 Å². The predicted molar refractivity (Wildman–Crippen MR) is 86.7 cm³/mol. The number of ether oxygens (including phenoxy) is 1. The van der Waals surface area contributed by atoms with Crippen LogP contribution in [0.15, 0.2) is 29.1 Å². The maximum absolute atomic E-state index is 13.0. The number of rotatable bonds is 2. The molecule has 1 aromatic carbocycles. The van der Waals surface area contributed by atoms with E-state index >= 15 is 0 Å². The molecular weight excluding hydrogens is 308 g/mol. The molecule has 0 bridgehead atoms. The average molecular weight is 326 g/mol. The summed E-state index contributed by atoms with van der Waals surface area (Å²) in [6.07, 6.45) is 1.27. The van der Waals surface area contributed by atoms with Crippen molar-refractivity contribution in [2.45, 2.75) is 19.9 Å². The molecule has 0 radical (unpaired) electrons. The third-order valence-corrected chi connectivity index (χ3v) is 4.64. The molecule has 1 amide bonds. The van der Waals surface area contributed by atoms with Gasteiger partial charge in [-0.3, -0.25) is 4.79 Å². The van der Waals surface area contributed by atoms with Crippen LogP contribution in [-0.4, -0.2) is 45.7 Å². The van der Waals surface area contributed by atoms with E-state index in [1.807, 2.05) is 12.1 Å². The van der Waals surface area contributed by atoms with Crippen LogP contribution >= 0.6 is 0 Å². The third kappa shape index (κ3) is 2.37. The molecule has 7 nitrogen and oxygen atoms in total. The van der Waals surface area contributed by atoms with Crippen LogP contribution in [0.25, 0.3) is 10.9 Å². The van der Waals surface area contributed by atoms with Crippen LogP contribution in [0.3, 0.4) is 0 Å². The highest BCUT2D eigenvalue weighted by molar-refractivity contribution is 5.99. The second-order valence-electron chi connectivity index (χ2n) is 6.03. The van der Waals surface area contributed by atoms with Crippen molar-refractivity contribution < 1.29 is 14.1 Å². The van der Waals surface area contributed by atoms with Gasteiger partial charge in [0.1, 0.15) is 11.7 Å². The second kappa shape index (κ2) is 5.76. The number of nitrogens with zero attached hydrogens (tertiary/aromatic N) is 3. The fourth-order valence-electron chi connectivity index (χ4n) is 3.11. The van der Waals surface area contributed by atoms with Gasteiger partial charge in [0.15, 0.2) is 5.82 Å². The summed E-state index contributed by atoms with van der Waals surface area (Å²) >= 11 is 0. The minimum Gasteiger partial charge on any atom is -0.377 e. The van der Waals surface area contributed by atoms with Crippen LogP contribution in [0.5, 0.6) is 0 Å². The molecule has 7 heteroatoms. The van der Waals surface area contributed by atoms with Crippen LogP contribution in [0, 0.1) is 13.8 Å². The molecule has 3 aromatic rings. The zero-order chi connectivity index (χ0) is 16.7. The van der Waals surface area contributed by atoms with Crippen molar-refractivity contribution in [3.63, 3.8) is 0 Å².